The highest BCUT2D eigenvalue weighted by molar-refractivity contribution is 5.79. The average Bonchev–Trinajstić information content (AvgIpc) is 2.61. The third-order valence-corrected chi connectivity index (χ3v) is 4.04. The van der Waals surface area contributed by atoms with Gasteiger partial charge in [-0.1, -0.05) is 6.92 Å². The van der Waals surface area contributed by atoms with Gasteiger partial charge in [0, 0.05) is 31.4 Å². The first kappa shape index (κ1) is 14.1. The maximum Gasteiger partial charge on any atom is 0.224 e. The maximum atomic E-state index is 12.2. The second kappa shape index (κ2) is 5.74. The van der Waals surface area contributed by atoms with Crippen molar-refractivity contribution in [3.63, 3.8) is 0 Å². The number of nitrogens with one attached hydrogen (secondary N) is 2. The molecule has 1 aromatic heterocycles. The zero-order valence-electron chi connectivity index (χ0n) is 12.3. The smallest absolute Gasteiger partial charge is 0.224 e. The predicted octanol–water partition coefficient (Wildman–Crippen LogP) is 0.899. The Labute approximate surface area is 114 Å². The van der Waals surface area contributed by atoms with Crippen molar-refractivity contribution in [1.82, 2.24) is 20.4 Å². The molecule has 2 rings (SSSR count). The number of rotatable bonds is 3. The molecule has 0 saturated carbocycles. The van der Waals surface area contributed by atoms with Crippen LogP contribution in [0.2, 0.25) is 0 Å². The third kappa shape index (κ3) is 3.15. The summed E-state index contributed by atoms with van der Waals surface area (Å²) < 4.78 is 1.86. The summed E-state index contributed by atoms with van der Waals surface area (Å²) in [6.45, 7) is 8.59. The van der Waals surface area contributed by atoms with Crippen LogP contribution in [0.4, 0.5) is 0 Å². The lowest BCUT2D eigenvalue weighted by Gasteiger charge is -2.26. The molecule has 5 nitrogen and oxygen atoms in total. The molecule has 1 aliphatic heterocycles. The van der Waals surface area contributed by atoms with Gasteiger partial charge in [0.1, 0.15) is 0 Å². The molecule has 2 unspecified atom stereocenters. The van der Waals surface area contributed by atoms with E-state index in [0.717, 1.165) is 36.5 Å². The molecule has 1 fully saturated rings. The van der Waals surface area contributed by atoms with Crippen molar-refractivity contribution in [2.24, 2.45) is 18.9 Å². The summed E-state index contributed by atoms with van der Waals surface area (Å²) in [5, 5.41) is 10.7. The zero-order valence-corrected chi connectivity index (χ0v) is 12.3. The number of hydrogen-bond acceptors (Lipinski definition) is 3. The van der Waals surface area contributed by atoms with Crippen LogP contribution in [0.5, 0.6) is 0 Å². The van der Waals surface area contributed by atoms with Crippen LogP contribution in [-0.4, -0.2) is 28.8 Å². The van der Waals surface area contributed by atoms with Crippen molar-refractivity contribution in [2.75, 3.05) is 13.1 Å². The zero-order chi connectivity index (χ0) is 14.0. The molecule has 1 aromatic rings. The summed E-state index contributed by atoms with van der Waals surface area (Å²) in [4.78, 5) is 12.2. The molecule has 0 spiro atoms. The van der Waals surface area contributed by atoms with E-state index in [2.05, 4.69) is 22.7 Å². The molecule has 2 N–H and O–H groups in total. The fraction of sp³-hybridized carbons (Fsp3) is 0.714. The van der Waals surface area contributed by atoms with E-state index in [1.165, 1.54) is 0 Å². The fourth-order valence-corrected chi connectivity index (χ4v) is 2.75. The van der Waals surface area contributed by atoms with E-state index in [-0.39, 0.29) is 11.8 Å². The summed E-state index contributed by atoms with van der Waals surface area (Å²) in [6.07, 6.45) is 0.976. The van der Waals surface area contributed by atoms with Crippen LogP contribution in [0.25, 0.3) is 0 Å². The quantitative estimate of drug-likeness (QED) is 0.853. The van der Waals surface area contributed by atoms with Crippen molar-refractivity contribution in [2.45, 2.75) is 33.7 Å². The SMILES string of the molecule is Cc1nn(C)c(C)c1CNC(=O)C1CNCC(C)C1. The van der Waals surface area contributed by atoms with Crippen LogP contribution >= 0.6 is 0 Å². The maximum absolute atomic E-state index is 12.2. The standard InChI is InChI=1S/C14H24N4O/c1-9-5-12(7-15-6-9)14(19)16-8-13-10(2)17-18(4)11(13)3/h9,12,15H,5-8H2,1-4H3,(H,16,19). The van der Waals surface area contributed by atoms with Gasteiger partial charge >= 0.3 is 0 Å². The number of nitrogens with zero attached hydrogens (tertiary/aromatic N) is 2. The molecule has 1 saturated heterocycles. The molecule has 19 heavy (non-hydrogen) atoms. The number of carbonyl (C=O) groups excluding carboxylic acids is 1. The Bertz CT molecular complexity index is 466. The molecule has 1 aliphatic rings. The van der Waals surface area contributed by atoms with E-state index in [9.17, 15) is 4.79 Å². The van der Waals surface area contributed by atoms with E-state index < -0.39 is 0 Å². The lowest BCUT2D eigenvalue weighted by molar-refractivity contribution is -0.126. The van der Waals surface area contributed by atoms with Gasteiger partial charge in [0.25, 0.3) is 0 Å². The molecule has 0 radical (unpaired) electrons. The van der Waals surface area contributed by atoms with Crippen LogP contribution in [0, 0.1) is 25.7 Å². The topological polar surface area (TPSA) is 59.0 Å². The van der Waals surface area contributed by atoms with Gasteiger partial charge in [-0.2, -0.15) is 5.10 Å². The minimum absolute atomic E-state index is 0.0982. The van der Waals surface area contributed by atoms with Gasteiger partial charge in [0.15, 0.2) is 0 Å². The lowest BCUT2D eigenvalue weighted by Crippen LogP contribution is -2.43. The van der Waals surface area contributed by atoms with Crippen molar-refractivity contribution in [3.05, 3.63) is 17.0 Å². The van der Waals surface area contributed by atoms with Gasteiger partial charge in [-0.05, 0) is 32.7 Å². The number of piperidine rings is 1. The van der Waals surface area contributed by atoms with Crippen molar-refractivity contribution in [1.29, 1.82) is 0 Å². The summed E-state index contributed by atoms with van der Waals surface area (Å²) in [5.41, 5.74) is 3.25. The summed E-state index contributed by atoms with van der Waals surface area (Å²) in [7, 11) is 1.93. The van der Waals surface area contributed by atoms with Gasteiger partial charge in [-0.25, -0.2) is 0 Å². The largest absolute Gasteiger partial charge is 0.352 e. The normalized spacial score (nSPS) is 23.4. The number of amides is 1. The highest BCUT2D eigenvalue weighted by Gasteiger charge is 2.24. The van der Waals surface area contributed by atoms with E-state index in [4.69, 9.17) is 0 Å². The molecule has 106 valence electrons. The highest BCUT2D eigenvalue weighted by atomic mass is 16.1. The Morgan fingerprint density at radius 1 is 1.47 bits per heavy atom. The second-order valence-corrected chi connectivity index (χ2v) is 5.69. The van der Waals surface area contributed by atoms with Gasteiger partial charge in [0.2, 0.25) is 5.91 Å². The lowest BCUT2D eigenvalue weighted by atomic mass is 9.91. The Morgan fingerprint density at radius 2 is 2.21 bits per heavy atom. The van der Waals surface area contributed by atoms with Crippen LogP contribution in [-0.2, 0) is 18.4 Å². The van der Waals surface area contributed by atoms with Crippen LogP contribution in [0.15, 0.2) is 0 Å². The van der Waals surface area contributed by atoms with Crippen molar-refractivity contribution < 1.29 is 4.79 Å². The van der Waals surface area contributed by atoms with Gasteiger partial charge in [0.05, 0.1) is 11.6 Å². The Kier molecular flexibility index (Phi) is 4.24. The predicted molar refractivity (Wildman–Crippen MR) is 74.7 cm³/mol. The van der Waals surface area contributed by atoms with Crippen molar-refractivity contribution in [3.8, 4) is 0 Å². The molecule has 5 heteroatoms. The number of hydrogen-bond donors (Lipinski definition) is 2. The first-order valence-electron chi connectivity index (χ1n) is 6.96. The van der Waals surface area contributed by atoms with E-state index >= 15 is 0 Å². The molecule has 2 atom stereocenters. The monoisotopic (exact) mass is 264 g/mol. The van der Waals surface area contributed by atoms with E-state index in [1.54, 1.807) is 0 Å². The Balaban J connectivity index is 1.93. The minimum Gasteiger partial charge on any atom is -0.352 e. The molecular formula is C14H24N4O. The average molecular weight is 264 g/mol. The molecular weight excluding hydrogens is 240 g/mol. The first-order chi connectivity index (χ1) is 8.99. The molecule has 0 bridgehead atoms. The molecule has 0 aliphatic carbocycles. The van der Waals surface area contributed by atoms with Crippen LogP contribution in [0.3, 0.4) is 0 Å². The van der Waals surface area contributed by atoms with E-state index in [1.807, 2.05) is 25.6 Å². The van der Waals surface area contributed by atoms with Crippen LogP contribution in [0.1, 0.15) is 30.3 Å². The van der Waals surface area contributed by atoms with Gasteiger partial charge < -0.3 is 10.6 Å². The van der Waals surface area contributed by atoms with Crippen molar-refractivity contribution >= 4 is 5.91 Å². The van der Waals surface area contributed by atoms with E-state index in [0.29, 0.717) is 12.5 Å². The third-order valence-electron chi connectivity index (χ3n) is 4.04. The Morgan fingerprint density at radius 3 is 2.79 bits per heavy atom. The first-order valence-corrected chi connectivity index (χ1v) is 6.96. The summed E-state index contributed by atoms with van der Waals surface area (Å²) in [5.74, 6) is 0.828. The molecule has 2 heterocycles. The highest BCUT2D eigenvalue weighted by Crippen LogP contribution is 2.16. The van der Waals surface area contributed by atoms with Crippen LogP contribution < -0.4 is 10.6 Å². The van der Waals surface area contributed by atoms with Gasteiger partial charge in [-0.15, -0.1) is 0 Å². The molecule has 1 amide bonds. The fourth-order valence-electron chi connectivity index (χ4n) is 2.75. The number of aryl methyl sites for hydroxylation is 2. The van der Waals surface area contributed by atoms with Gasteiger partial charge in [-0.3, -0.25) is 9.48 Å². The minimum atomic E-state index is 0.0982. The number of carbonyl (C=O) groups is 1. The summed E-state index contributed by atoms with van der Waals surface area (Å²) in [6, 6.07) is 0. The number of aromatic nitrogens is 2. The second-order valence-electron chi connectivity index (χ2n) is 5.69. The Hall–Kier alpha value is -1.36. The molecule has 0 aromatic carbocycles. The summed E-state index contributed by atoms with van der Waals surface area (Å²) >= 11 is 0.